The molecular formula is C19H31Cl2N3O. The molecule has 0 saturated carbocycles. The molecule has 1 aromatic rings. The molecule has 25 heavy (non-hydrogen) atoms. The van der Waals surface area contributed by atoms with Crippen molar-refractivity contribution in [2.45, 2.75) is 39.3 Å². The molecule has 6 heteroatoms. The first kappa shape index (κ1) is 22.2. The average Bonchev–Trinajstić information content (AvgIpc) is 3.08. The number of halogens is 2. The number of benzene rings is 1. The number of rotatable bonds is 4. The fraction of sp³-hybridized carbons (Fsp3) is 0.632. The topological polar surface area (TPSA) is 26.8 Å². The van der Waals surface area contributed by atoms with E-state index in [-0.39, 0.29) is 30.7 Å². The SMILES string of the molecule is CC(C)N1CCN(C(=O)c2ccc(CN3CCCC3)cc2)CC1.Cl.Cl. The van der Waals surface area contributed by atoms with Gasteiger partial charge in [-0.2, -0.15) is 0 Å². The molecule has 2 aliphatic rings. The van der Waals surface area contributed by atoms with Gasteiger partial charge in [-0.25, -0.2) is 0 Å². The third kappa shape index (κ3) is 5.85. The molecule has 3 rings (SSSR count). The quantitative estimate of drug-likeness (QED) is 0.792. The standard InChI is InChI=1S/C19H29N3O.2ClH/c1-16(2)21-11-13-22(14-12-21)19(23)18-7-5-17(6-8-18)15-20-9-3-4-10-20;;/h5-8,16H,3-4,9-15H2,1-2H3;2*1H. The van der Waals surface area contributed by atoms with Crippen molar-refractivity contribution in [1.29, 1.82) is 0 Å². The number of nitrogens with zero attached hydrogens (tertiary/aromatic N) is 3. The number of likely N-dealkylation sites (tertiary alicyclic amines) is 1. The monoisotopic (exact) mass is 387 g/mol. The second-order valence-corrected chi connectivity index (χ2v) is 7.10. The number of hydrogen-bond acceptors (Lipinski definition) is 3. The van der Waals surface area contributed by atoms with Gasteiger partial charge in [-0.3, -0.25) is 14.6 Å². The van der Waals surface area contributed by atoms with Gasteiger partial charge in [0.15, 0.2) is 0 Å². The van der Waals surface area contributed by atoms with E-state index in [0.29, 0.717) is 6.04 Å². The van der Waals surface area contributed by atoms with E-state index in [0.717, 1.165) is 38.3 Å². The molecule has 4 nitrogen and oxygen atoms in total. The average molecular weight is 388 g/mol. The molecular weight excluding hydrogens is 357 g/mol. The predicted octanol–water partition coefficient (Wildman–Crippen LogP) is 3.29. The third-order valence-electron chi connectivity index (χ3n) is 5.14. The minimum atomic E-state index is 0. The van der Waals surface area contributed by atoms with Gasteiger partial charge in [0, 0.05) is 44.3 Å². The van der Waals surface area contributed by atoms with E-state index in [4.69, 9.17) is 0 Å². The van der Waals surface area contributed by atoms with Crippen LogP contribution >= 0.6 is 24.8 Å². The van der Waals surface area contributed by atoms with Crippen molar-refractivity contribution in [2.75, 3.05) is 39.3 Å². The van der Waals surface area contributed by atoms with Crippen LogP contribution in [0.2, 0.25) is 0 Å². The summed E-state index contributed by atoms with van der Waals surface area (Å²) in [6.45, 7) is 11.5. The number of piperazine rings is 1. The van der Waals surface area contributed by atoms with E-state index in [1.54, 1.807) is 0 Å². The maximum absolute atomic E-state index is 12.6. The smallest absolute Gasteiger partial charge is 0.253 e. The highest BCUT2D eigenvalue weighted by atomic mass is 35.5. The molecule has 1 aromatic carbocycles. The van der Waals surface area contributed by atoms with Gasteiger partial charge in [-0.1, -0.05) is 12.1 Å². The van der Waals surface area contributed by atoms with Crippen molar-refractivity contribution in [3.8, 4) is 0 Å². The van der Waals surface area contributed by atoms with Crippen LogP contribution in [0.25, 0.3) is 0 Å². The van der Waals surface area contributed by atoms with Gasteiger partial charge < -0.3 is 4.90 Å². The first-order valence-corrected chi connectivity index (χ1v) is 8.98. The van der Waals surface area contributed by atoms with Crippen molar-refractivity contribution >= 4 is 30.7 Å². The Morgan fingerprint density at radius 3 is 2.00 bits per heavy atom. The lowest BCUT2D eigenvalue weighted by Gasteiger charge is -2.37. The Bertz CT molecular complexity index is 522. The number of carbonyl (C=O) groups is 1. The zero-order valence-electron chi connectivity index (χ0n) is 15.3. The normalized spacial score (nSPS) is 18.8. The maximum atomic E-state index is 12.6. The molecule has 0 radical (unpaired) electrons. The van der Waals surface area contributed by atoms with E-state index in [2.05, 4.69) is 35.8 Å². The largest absolute Gasteiger partial charge is 0.336 e. The zero-order valence-corrected chi connectivity index (χ0v) is 17.0. The Balaban J connectivity index is 0.00000156. The summed E-state index contributed by atoms with van der Waals surface area (Å²) < 4.78 is 0. The van der Waals surface area contributed by atoms with Crippen LogP contribution in [0.4, 0.5) is 0 Å². The predicted molar refractivity (Wildman–Crippen MR) is 108 cm³/mol. The van der Waals surface area contributed by atoms with Crippen LogP contribution in [-0.4, -0.2) is 65.9 Å². The Hall–Kier alpha value is -0.810. The van der Waals surface area contributed by atoms with Crippen molar-refractivity contribution in [2.24, 2.45) is 0 Å². The summed E-state index contributed by atoms with van der Waals surface area (Å²) in [6, 6.07) is 8.81. The van der Waals surface area contributed by atoms with Crippen molar-refractivity contribution < 1.29 is 4.79 Å². The molecule has 2 aliphatic heterocycles. The molecule has 2 heterocycles. The van der Waals surface area contributed by atoms with Gasteiger partial charge >= 0.3 is 0 Å². The summed E-state index contributed by atoms with van der Waals surface area (Å²) in [5.41, 5.74) is 2.14. The van der Waals surface area contributed by atoms with Crippen LogP contribution in [0, 0.1) is 0 Å². The molecule has 2 fully saturated rings. The Morgan fingerprint density at radius 1 is 0.920 bits per heavy atom. The van der Waals surface area contributed by atoms with Gasteiger partial charge in [0.25, 0.3) is 5.91 Å². The molecule has 0 N–H and O–H groups in total. The molecule has 0 aromatic heterocycles. The number of carbonyl (C=O) groups excluding carboxylic acids is 1. The molecule has 0 unspecified atom stereocenters. The Morgan fingerprint density at radius 2 is 1.48 bits per heavy atom. The zero-order chi connectivity index (χ0) is 16.2. The number of hydrogen-bond donors (Lipinski definition) is 0. The third-order valence-corrected chi connectivity index (χ3v) is 5.14. The van der Waals surface area contributed by atoms with E-state index >= 15 is 0 Å². The Labute approximate surface area is 164 Å². The molecule has 1 amide bonds. The van der Waals surface area contributed by atoms with Crippen LogP contribution in [0.1, 0.15) is 42.6 Å². The summed E-state index contributed by atoms with van der Waals surface area (Å²) in [6.07, 6.45) is 2.64. The Kier molecular flexibility index (Phi) is 9.22. The highest BCUT2D eigenvalue weighted by molar-refractivity contribution is 5.94. The van der Waals surface area contributed by atoms with E-state index in [1.165, 1.54) is 31.5 Å². The van der Waals surface area contributed by atoms with Gasteiger partial charge in [0.1, 0.15) is 0 Å². The van der Waals surface area contributed by atoms with Crippen molar-refractivity contribution in [3.05, 3.63) is 35.4 Å². The molecule has 142 valence electrons. The molecule has 0 atom stereocenters. The molecule has 0 spiro atoms. The van der Waals surface area contributed by atoms with Crippen molar-refractivity contribution in [1.82, 2.24) is 14.7 Å². The minimum Gasteiger partial charge on any atom is -0.336 e. The van der Waals surface area contributed by atoms with E-state index < -0.39 is 0 Å². The van der Waals surface area contributed by atoms with Gasteiger partial charge in [0.2, 0.25) is 0 Å². The van der Waals surface area contributed by atoms with Crippen molar-refractivity contribution in [3.63, 3.8) is 0 Å². The highest BCUT2D eigenvalue weighted by Gasteiger charge is 2.23. The van der Waals surface area contributed by atoms with Crippen LogP contribution in [-0.2, 0) is 6.54 Å². The fourth-order valence-electron chi connectivity index (χ4n) is 3.58. The maximum Gasteiger partial charge on any atom is 0.253 e. The lowest BCUT2D eigenvalue weighted by atomic mass is 10.1. The van der Waals surface area contributed by atoms with E-state index in [9.17, 15) is 4.79 Å². The number of amides is 1. The summed E-state index contributed by atoms with van der Waals surface area (Å²) >= 11 is 0. The lowest BCUT2D eigenvalue weighted by Crippen LogP contribution is -2.50. The molecule has 0 bridgehead atoms. The molecule has 0 aliphatic carbocycles. The molecule has 2 saturated heterocycles. The summed E-state index contributed by atoms with van der Waals surface area (Å²) in [5.74, 6) is 0.182. The van der Waals surface area contributed by atoms with Gasteiger partial charge in [0.05, 0.1) is 0 Å². The van der Waals surface area contributed by atoms with E-state index in [1.807, 2.05) is 17.0 Å². The second-order valence-electron chi connectivity index (χ2n) is 7.10. The summed E-state index contributed by atoms with van der Waals surface area (Å²) in [5, 5.41) is 0. The summed E-state index contributed by atoms with van der Waals surface area (Å²) in [7, 11) is 0. The highest BCUT2D eigenvalue weighted by Crippen LogP contribution is 2.15. The van der Waals surface area contributed by atoms with Crippen LogP contribution < -0.4 is 0 Å². The lowest BCUT2D eigenvalue weighted by molar-refractivity contribution is 0.0595. The first-order valence-electron chi connectivity index (χ1n) is 8.98. The minimum absolute atomic E-state index is 0. The van der Waals surface area contributed by atoms with Gasteiger partial charge in [-0.15, -0.1) is 24.8 Å². The second kappa shape index (κ2) is 10.4. The first-order chi connectivity index (χ1) is 11.1. The fourth-order valence-corrected chi connectivity index (χ4v) is 3.58. The van der Waals surface area contributed by atoms with Crippen LogP contribution in [0.3, 0.4) is 0 Å². The van der Waals surface area contributed by atoms with Crippen LogP contribution in [0.15, 0.2) is 24.3 Å². The van der Waals surface area contributed by atoms with Gasteiger partial charge in [-0.05, 0) is 57.5 Å². The summed E-state index contributed by atoms with van der Waals surface area (Å²) in [4.78, 5) is 19.5. The van der Waals surface area contributed by atoms with Crippen LogP contribution in [0.5, 0.6) is 0 Å².